The minimum Gasteiger partial charge on any atom is -0.356 e. The molecule has 0 radical (unpaired) electrons. The van der Waals surface area contributed by atoms with Gasteiger partial charge in [0.05, 0.1) is 5.56 Å². The third kappa shape index (κ3) is 9.66. The monoisotopic (exact) mass is 666 g/mol. The van der Waals surface area contributed by atoms with Crippen LogP contribution in [0.1, 0.15) is 49.1 Å². The zero-order valence-electron chi connectivity index (χ0n) is 23.9. The molecule has 2 aliphatic rings. The highest BCUT2D eigenvalue weighted by molar-refractivity contribution is 7.85. The summed E-state index contributed by atoms with van der Waals surface area (Å²) in [7, 11) is -4.34. The molecule has 0 bridgehead atoms. The van der Waals surface area contributed by atoms with Crippen molar-refractivity contribution in [2.45, 2.75) is 56.9 Å². The van der Waals surface area contributed by atoms with E-state index in [9.17, 15) is 44.3 Å². The molecule has 1 aromatic heterocycles. The number of anilines is 2. The molecule has 3 N–H and O–H groups in total. The van der Waals surface area contributed by atoms with E-state index in [0.717, 1.165) is 12.1 Å². The minimum atomic E-state index is -4.84. The maximum absolute atomic E-state index is 13.8. The molecule has 1 aromatic carbocycles. The first-order chi connectivity index (χ1) is 21.0. The molecule has 2 amide bonds. The Hall–Kier alpha value is -3.67. The fraction of sp³-hybridized carbons (Fsp3) is 0.556. The number of halogens is 6. The van der Waals surface area contributed by atoms with Crippen LogP contribution in [0.15, 0.2) is 30.3 Å². The number of rotatable bonds is 11. The van der Waals surface area contributed by atoms with Crippen molar-refractivity contribution in [3.05, 3.63) is 47.3 Å². The topological polar surface area (TPSA) is 145 Å². The van der Waals surface area contributed by atoms with Crippen LogP contribution in [0.25, 0.3) is 0 Å². The van der Waals surface area contributed by atoms with Crippen LogP contribution in [-0.2, 0) is 38.5 Å². The SMILES string of the molecule is O=C(CCC1CCN(c2cc(N3CCC3C(=O)NCCc3ccc(C(F)(F)F)cc3)nc(C(F)(F)F)n2)CC1)NCS(=O)(=O)O. The maximum atomic E-state index is 13.8. The lowest BCUT2D eigenvalue weighted by Crippen LogP contribution is -2.57. The van der Waals surface area contributed by atoms with E-state index in [1.165, 1.54) is 23.1 Å². The van der Waals surface area contributed by atoms with Gasteiger partial charge in [0.25, 0.3) is 10.1 Å². The Morgan fingerprint density at radius 3 is 2.11 bits per heavy atom. The number of nitrogens with zero attached hydrogens (tertiary/aromatic N) is 4. The van der Waals surface area contributed by atoms with Crippen LogP contribution in [0, 0.1) is 5.92 Å². The van der Waals surface area contributed by atoms with Crippen LogP contribution in [0.2, 0.25) is 0 Å². The number of hydrogen-bond donors (Lipinski definition) is 3. The first-order valence-corrected chi connectivity index (χ1v) is 15.7. The third-order valence-electron chi connectivity index (χ3n) is 7.73. The van der Waals surface area contributed by atoms with E-state index in [0.29, 0.717) is 44.3 Å². The van der Waals surface area contributed by atoms with Crippen molar-refractivity contribution in [1.29, 1.82) is 0 Å². The number of nitrogens with one attached hydrogen (secondary N) is 2. The largest absolute Gasteiger partial charge is 0.451 e. The summed E-state index contributed by atoms with van der Waals surface area (Å²) in [6.45, 7) is 1.10. The molecule has 2 aliphatic heterocycles. The number of alkyl halides is 6. The molecule has 11 nitrogen and oxygen atoms in total. The average molecular weight is 667 g/mol. The molecule has 1 unspecified atom stereocenters. The Morgan fingerprint density at radius 2 is 1.56 bits per heavy atom. The normalized spacial score (nSPS) is 18.0. The Kier molecular flexibility index (Phi) is 10.5. The van der Waals surface area contributed by atoms with Crippen LogP contribution in [0.4, 0.5) is 38.0 Å². The van der Waals surface area contributed by atoms with Crippen molar-refractivity contribution in [2.75, 3.05) is 41.9 Å². The second-order valence-corrected chi connectivity index (χ2v) is 12.4. The van der Waals surface area contributed by atoms with Gasteiger partial charge < -0.3 is 20.4 Å². The fourth-order valence-corrected chi connectivity index (χ4v) is 5.49. The molecule has 0 spiro atoms. The van der Waals surface area contributed by atoms with Crippen LogP contribution in [-0.4, -0.2) is 72.9 Å². The van der Waals surface area contributed by atoms with E-state index < -0.39 is 57.6 Å². The van der Waals surface area contributed by atoms with E-state index >= 15 is 0 Å². The quantitative estimate of drug-likeness (QED) is 0.243. The molecule has 248 valence electrons. The zero-order valence-corrected chi connectivity index (χ0v) is 24.7. The lowest BCUT2D eigenvalue weighted by molar-refractivity contribution is -0.144. The fourth-order valence-electron chi connectivity index (χ4n) is 5.15. The van der Waals surface area contributed by atoms with Gasteiger partial charge in [-0.15, -0.1) is 0 Å². The highest BCUT2D eigenvalue weighted by Crippen LogP contribution is 2.35. The Bertz CT molecular complexity index is 1460. The summed E-state index contributed by atoms with van der Waals surface area (Å²) < 4.78 is 110. The van der Waals surface area contributed by atoms with Crippen LogP contribution >= 0.6 is 0 Å². The molecule has 18 heteroatoms. The lowest BCUT2D eigenvalue weighted by Gasteiger charge is -2.41. The van der Waals surface area contributed by atoms with Gasteiger partial charge in [0, 0.05) is 38.7 Å². The third-order valence-corrected chi connectivity index (χ3v) is 8.24. The van der Waals surface area contributed by atoms with Crippen molar-refractivity contribution in [3.8, 4) is 0 Å². The Morgan fingerprint density at radius 1 is 0.911 bits per heavy atom. The molecule has 0 saturated carbocycles. The van der Waals surface area contributed by atoms with E-state index in [4.69, 9.17) is 4.55 Å². The lowest BCUT2D eigenvalue weighted by atomic mass is 9.92. The van der Waals surface area contributed by atoms with Crippen molar-refractivity contribution in [3.63, 3.8) is 0 Å². The first kappa shape index (κ1) is 34.2. The summed E-state index contributed by atoms with van der Waals surface area (Å²) in [4.78, 5) is 35.2. The molecule has 4 rings (SSSR count). The van der Waals surface area contributed by atoms with Crippen LogP contribution in [0.5, 0.6) is 0 Å². The van der Waals surface area contributed by atoms with E-state index in [1.54, 1.807) is 4.90 Å². The molecule has 0 aliphatic carbocycles. The number of carbonyl (C=O) groups is 2. The van der Waals surface area contributed by atoms with Gasteiger partial charge in [0.2, 0.25) is 17.6 Å². The number of amides is 2. The summed E-state index contributed by atoms with van der Waals surface area (Å²) in [5, 5.41) is 4.79. The summed E-state index contributed by atoms with van der Waals surface area (Å²) in [6, 6.07) is 5.17. The molecule has 2 fully saturated rings. The second kappa shape index (κ2) is 13.8. The number of aromatic nitrogens is 2. The van der Waals surface area contributed by atoms with Crippen molar-refractivity contribution in [2.24, 2.45) is 5.92 Å². The molecule has 2 saturated heterocycles. The predicted molar refractivity (Wildman–Crippen MR) is 150 cm³/mol. The summed E-state index contributed by atoms with van der Waals surface area (Å²) >= 11 is 0. The number of piperidine rings is 1. The molecular weight excluding hydrogens is 634 g/mol. The minimum absolute atomic E-state index is 0.0266. The highest BCUT2D eigenvalue weighted by atomic mass is 32.2. The Labute approximate surface area is 255 Å². The molecule has 45 heavy (non-hydrogen) atoms. The van der Waals surface area contributed by atoms with Gasteiger partial charge in [-0.1, -0.05) is 12.1 Å². The molecule has 3 heterocycles. The smallest absolute Gasteiger partial charge is 0.356 e. The van der Waals surface area contributed by atoms with Crippen LogP contribution < -0.4 is 20.4 Å². The number of hydrogen-bond acceptors (Lipinski definition) is 8. The van der Waals surface area contributed by atoms with Gasteiger partial charge in [-0.05, 0) is 55.7 Å². The van der Waals surface area contributed by atoms with Gasteiger partial charge in [0.1, 0.15) is 23.6 Å². The molecular formula is C27H32F6N6O5S. The summed E-state index contributed by atoms with van der Waals surface area (Å²) in [5.74, 6) is -3.16. The Balaban J connectivity index is 1.34. The van der Waals surface area contributed by atoms with Gasteiger partial charge >= 0.3 is 12.4 Å². The molecule has 1 atom stereocenters. The van der Waals surface area contributed by atoms with Crippen LogP contribution in [0.3, 0.4) is 0 Å². The standard InChI is InChI=1S/C27H32F6N6O5S/c28-26(29,30)19-4-1-17(2-5-19)7-11-34-24(41)20-10-14-39(20)22-15-21(36-25(37-22)27(31,32)33)38-12-8-18(9-13-38)3-6-23(40)35-16-45(42,43)44/h1-2,4-5,15,18,20H,3,6-14,16H2,(H,34,41)(H,35,40)(H,42,43,44). The summed E-state index contributed by atoms with van der Waals surface area (Å²) in [5.41, 5.74) is -0.207. The summed E-state index contributed by atoms with van der Waals surface area (Å²) in [6.07, 6.45) is -7.13. The van der Waals surface area contributed by atoms with Crippen molar-refractivity contribution >= 4 is 33.6 Å². The van der Waals surface area contributed by atoms with Gasteiger partial charge in [-0.2, -0.15) is 34.8 Å². The zero-order chi connectivity index (χ0) is 33.0. The maximum Gasteiger partial charge on any atom is 0.451 e. The van der Waals surface area contributed by atoms with Gasteiger partial charge in [-0.25, -0.2) is 9.97 Å². The predicted octanol–water partition coefficient (Wildman–Crippen LogP) is 3.41. The second-order valence-electron chi connectivity index (χ2n) is 10.9. The van der Waals surface area contributed by atoms with E-state index in [2.05, 4.69) is 20.6 Å². The van der Waals surface area contributed by atoms with Gasteiger partial charge in [0.15, 0.2) is 0 Å². The average Bonchev–Trinajstić information content (AvgIpc) is 2.93. The highest BCUT2D eigenvalue weighted by Gasteiger charge is 2.40. The number of benzene rings is 1. The number of carbonyl (C=O) groups excluding carboxylic acids is 2. The van der Waals surface area contributed by atoms with Crippen molar-refractivity contribution in [1.82, 2.24) is 20.6 Å². The van der Waals surface area contributed by atoms with Gasteiger partial charge in [-0.3, -0.25) is 14.1 Å². The molecule has 2 aromatic rings. The van der Waals surface area contributed by atoms with Crippen molar-refractivity contribution < 1.29 is 48.9 Å². The first-order valence-electron chi connectivity index (χ1n) is 14.1. The van der Waals surface area contributed by atoms with E-state index in [1.807, 2.05) is 0 Å². The van der Waals surface area contributed by atoms with E-state index in [-0.39, 0.29) is 43.5 Å².